The highest BCUT2D eigenvalue weighted by Crippen LogP contribution is 1.96. The topological polar surface area (TPSA) is 111 Å². The lowest BCUT2D eigenvalue weighted by Gasteiger charge is -2.30. The van der Waals surface area contributed by atoms with Gasteiger partial charge in [-0.05, 0) is 53.0 Å². The Morgan fingerprint density at radius 1 is 0.436 bits per heavy atom. The summed E-state index contributed by atoms with van der Waals surface area (Å²) in [4.78, 5) is 10.3. The molecule has 0 aliphatic rings. The Bertz CT molecular complexity index is 459. The zero-order valence-electron chi connectivity index (χ0n) is 26.6. The van der Waals surface area contributed by atoms with Crippen molar-refractivity contribution < 1.29 is 0 Å². The second-order valence-corrected chi connectivity index (χ2v) is 10.4. The molecule has 0 atom stereocenters. The minimum atomic E-state index is 0.688. The van der Waals surface area contributed by atoms with Crippen molar-refractivity contribution in [2.75, 3.05) is 145 Å². The second kappa shape index (κ2) is 30.5. The fraction of sp³-hybridized carbons (Fsp3) is 1.00. The molecule has 236 valence electrons. The van der Waals surface area contributed by atoms with Crippen LogP contribution in [0.25, 0.3) is 0 Å². The van der Waals surface area contributed by atoms with Crippen LogP contribution in [0.2, 0.25) is 0 Å². The fourth-order valence-electron chi connectivity index (χ4n) is 4.49. The van der Waals surface area contributed by atoms with E-state index in [4.69, 9.17) is 5.73 Å². The van der Waals surface area contributed by atoms with E-state index in [-0.39, 0.29) is 0 Å². The molecule has 0 heterocycles. The number of hydrogen-bond donors (Lipinski definition) is 7. The molecule has 0 fully saturated rings. The van der Waals surface area contributed by atoms with Crippen molar-refractivity contribution >= 4 is 0 Å². The second-order valence-electron chi connectivity index (χ2n) is 10.4. The smallest absolute Gasteiger partial charge is 0.0614 e. The van der Waals surface area contributed by atoms with Gasteiger partial charge in [0.05, 0.1) is 6.67 Å². The third-order valence-corrected chi connectivity index (χ3v) is 6.84. The van der Waals surface area contributed by atoms with Crippen LogP contribution in [0.5, 0.6) is 0 Å². The van der Waals surface area contributed by atoms with Crippen LogP contribution in [0.3, 0.4) is 0 Å². The van der Waals surface area contributed by atoms with Crippen molar-refractivity contribution in [3.8, 4) is 0 Å². The van der Waals surface area contributed by atoms with Crippen molar-refractivity contribution in [1.29, 1.82) is 0 Å². The summed E-state index contributed by atoms with van der Waals surface area (Å²) in [7, 11) is 4.07. The molecule has 0 aliphatic carbocycles. The molecule has 0 saturated carbocycles. The third-order valence-electron chi connectivity index (χ3n) is 6.84. The van der Waals surface area contributed by atoms with Gasteiger partial charge in [0.15, 0.2) is 0 Å². The maximum Gasteiger partial charge on any atom is 0.0614 e. The average molecular weight is 560 g/mol. The number of hydrazine groups is 1. The summed E-state index contributed by atoms with van der Waals surface area (Å²) in [6.07, 6.45) is 3.57. The maximum absolute atomic E-state index is 5.69. The van der Waals surface area contributed by atoms with Crippen molar-refractivity contribution in [3.63, 3.8) is 0 Å². The van der Waals surface area contributed by atoms with E-state index in [1.54, 1.807) is 0 Å². The van der Waals surface area contributed by atoms with Crippen LogP contribution in [0, 0.1) is 0 Å². The molecular formula is C28H69N11. The highest BCUT2D eigenvalue weighted by atomic mass is 15.4. The normalized spacial score (nSPS) is 12.2. The molecule has 0 unspecified atom stereocenters. The van der Waals surface area contributed by atoms with E-state index in [1.165, 1.54) is 19.3 Å². The van der Waals surface area contributed by atoms with Gasteiger partial charge in [0.1, 0.15) is 0 Å². The first-order chi connectivity index (χ1) is 19.1. The van der Waals surface area contributed by atoms with Crippen LogP contribution in [-0.2, 0) is 0 Å². The molecule has 0 spiro atoms. The average Bonchev–Trinajstić information content (AvgIpc) is 2.94. The number of hydrogen-bond acceptors (Lipinski definition) is 11. The number of nitrogens with zero attached hydrogens (tertiary/aromatic N) is 4. The van der Waals surface area contributed by atoms with E-state index in [0.29, 0.717) is 6.54 Å². The van der Waals surface area contributed by atoms with Crippen molar-refractivity contribution in [3.05, 3.63) is 0 Å². The van der Waals surface area contributed by atoms with E-state index in [0.717, 1.165) is 124 Å². The van der Waals surface area contributed by atoms with Crippen molar-refractivity contribution in [2.45, 2.75) is 40.0 Å². The predicted octanol–water partition coefficient (Wildman–Crippen LogP) is -0.947. The molecule has 0 rings (SSSR count). The van der Waals surface area contributed by atoms with E-state index in [9.17, 15) is 0 Å². The van der Waals surface area contributed by atoms with Gasteiger partial charge in [-0.25, -0.2) is 5.43 Å². The van der Waals surface area contributed by atoms with Gasteiger partial charge in [-0.3, -0.25) is 25.0 Å². The lowest BCUT2D eigenvalue weighted by Crippen LogP contribution is -2.48. The Morgan fingerprint density at radius 2 is 0.897 bits per heavy atom. The molecule has 0 aromatic heterocycles. The van der Waals surface area contributed by atoms with Crippen LogP contribution in [0.4, 0.5) is 0 Å². The van der Waals surface area contributed by atoms with Gasteiger partial charge in [-0.15, -0.1) is 0 Å². The monoisotopic (exact) mass is 560 g/mol. The van der Waals surface area contributed by atoms with E-state index in [2.05, 4.69) is 72.5 Å². The van der Waals surface area contributed by atoms with Crippen LogP contribution >= 0.6 is 0 Å². The number of nitrogens with one attached hydrogen (secondary N) is 6. The lowest BCUT2D eigenvalue weighted by molar-refractivity contribution is 0.174. The Hall–Kier alpha value is -0.440. The fourth-order valence-corrected chi connectivity index (χ4v) is 4.49. The molecule has 0 aromatic carbocycles. The van der Waals surface area contributed by atoms with E-state index < -0.39 is 0 Å². The standard InChI is InChI=1S/C28H69N11/c1-6-10-32-14-22-38(26-24-36(19-12-30-4)20-13-31-5)27-25-37(21-15-33-11-9-29)23-16-34-35-28-39(17-7-2)18-8-3/h30-35H,6-29H2,1-5H3. The quantitative estimate of drug-likeness (QED) is 0.0315. The summed E-state index contributed by atoms with van der Waals surface area (Å²) in [5, 5.41) is 13.7. The van der Waals surface area contributed by atoms with Crippen LogP contribution < -0.4 is 37.9 Å². The molecule has 0 aromatic rings. The zero-order chi connectivity index (χ0) is 28.8. The summed E-state index contributed by atoms with van der Waals surface area (Å²) >= 11 is 0. The highest BCUT2D eigenvalue weighted by Gasteiger charge is 2.12. The molecule has 0 amide bonds. The van der Waals surface area contributed by atoms with Gasteiger partial charge in [0.2, 0.25) is 0 Å². The summed E-state index contributed by atoms with van der Waals surface area (Å²) in [6.45, 7) is 27.3. The Morgan fingerprint density at radius 3 is 1.36 bits per heavy atom. The maximum atomic E-state index is 5.69. The zero-order valence-corrected chi connectivity index (χ0v) is 26.6. The minimum Gasteiger partial charge on any atom is -0.329 e. The van der Waals surface area contributed by atoms with Gasteiger partial charge >= 0.3 is 0 Å². The first-order valence-electron chi connectivity index (χ1n) is 15.9. The molecule has 8 N–H and O–H groups in total. The predicted molar refractivity (Wildman–Crippen MR) is 170 cm³/mol. The van der Waals surface area contributed by atoms with Crippen molar-refractivity contribution in [2.24, 2.45) is 5.73 Å². The Balaban J connectivity index is 4.84. The van der Waals surface area contributed by atoms with Gasteiger partial charge < -0.3 is 27.0 Å². The third kappa shape index (κ3) is 25.0. The van der Waals surface area contributed by atoms with Crippen LogP contribution in [0.15, 0.2) is 0 Å². The highest BCUT2D eigenvalue weighted by molar-refractivity contribution is 4.70. The first kappa shape index (κ1) is 38.6. The summed E-state index contributed by atoms with van der Waals surface area (Å²) in [6, 6.07) is 0. The van der Waals surface area contributed by atoms with Crippen molar-refractivity contribution in [1.82, 2.24) is 51.7 Å². The van der Waals surface area contributed by atoms with Crippen LogP contribution in [-0.4, -0.2) is 165 Å². The molecule has 39 heavy (non-hydrogen) atoms. The molecule has 11 nitrogen and oxygen atoms in total. The molecule has 0 saturated heterocycles. The summed E-state index contributed by atoms with van der Waals surface area (Å²) in [5.74, 6) is 0. The summed E-state index contributed by atoms with van der Waals surface area (Å²) in [5.41, 5.74) is 12.6. The van der Waals surface area contributed by atoms with E-state index >= 15 is 0 Å². The number of nitrogens with two attached hydrogens (primary N) is 1. The van der Waals surface area contributed by atoms with Gasteiger partial charge in [-0.1, -0.05) is 20.8 Å². The molecule has 0 bridgehead atoms. The molecule has 11 heteroatoms. The minimum absolute atomic E-state index is 0.688. The number of likely N-dealkylation sites (N-methyl/N-ethyl adjacent to an activating group) is 2. The molecular weight excluding hydrogens is 490 g/mol. The Labute approximate surface area is 242 Å². The van der Waals surface area contributed by atoms with Gasteiger partial charge in [0, 0.05) is 105 Å². The van der Waals surface area contributed by atoms with Gasteiger partial charge in [0.25, 0.3) is 0 Å². The molecule has 0 aliphatic heterocycles. The largest absolute Gasteiger partial charge is 0.329 e. The van der Waals surface area contributed by atoms with E-state index in [1.807, 2.05) is 14.1 Å². The molecule has 0 radical (unpaired) electrons. The lowest BCUT2D eigenvalue weighted by atomic mass is 10.3. The van der Waals surface area contributed by atoms with Crippen LogP contribution in [0.1, 0.15) is 40.0 Å². The first-order valence-corrected chi connectivity index (χ1v) is 15.9. The number of rotatable bonds is 32. The SMILES string of the molecule is CCCNCCN(CCN(CCNC)CCNC)CCN(CCNCCN)CCNNCN(CCC)CCC. The summed E-state index contributed by atoms with van der Waals surface area (Å²) < 4.78 is 0. The van der Waals surface area contributed by atoms with Gasteiger partial charge in [-0.2, -0.15) is 0 Å². The Kier molecular flexibility index (Phi) is 30.2.